The first-order valence-corrected chi connectivity index (χ1v) is 31.2. The van der Waals surface area contributed by atoms with Crippen molar-refractivity contribution in [3.63, 3.8) is 0 Å². The van der Waals surface area contributed by atoms with Gasteiger partial charge < -0.3 is 87.8 Å². The number of hydrogen-bond donors (Lipinski definition) is 13. The lowest BCUT2D eigenvalue weighted by atomic mass is 10.0. The second kappa shape index (κ2) is 33.4. The van der Waals surface area contributed by atoms with Gasteiger partial charge in [-0.2, -0.15) is 11.8 Å². The number of urea groups is 1. The molecule has 1 aromatic carbocycles. The maximum absolute atomic E-state index is 14.8. The van der Waals surface area contributed by atoms with Crippen LogP contribution < -0.4 is 53.6 Å². The Morgan fingerprint density at radius 2 is 1.60 bits per heavy atom. The van der Waals surface area contributed by atoms with Gasteiger partial charge in [0.1, 0.15) is 42.9 Å². The number of aliphatic hydroxyl groups is 1. The van der Waals surface area contributed by atoms with E-state index in [1.165, 1.54) is 29.0 Å². The van der Waals surface area contributed by atoms with E-state index in [4.69, 9.17) is 19.9 Å². The number of fused-ring (bicyclic) bond motifs is 5. The number of aliphatic hydroxyl groups excluding tert-OH is 1. The SMILES string of the molecule is CC(O)[C@@H]1NC(=O)[C@H](Cc2c[nH]c3ccccc23)NC(=O)[C@@H]2CCCN2C(=O)[C@@H](NC(=O)COCCOCCOCCNC(=O)CCCC[C@H]2SC[C@H]3NC(=O)N[C@H]32)Cc2cn(nn2)CCCC[C@@H](C(N)=O)NC(=O)CNC(=O)[C@H](Cc2c[nH]cn2)NC1=O. The van der Waals surface area contributed by atoms with Gasteiger partial charge in [-0.15, -0.1) is 5.10 Å². The summed E-state index contributed by atoms with van der Waals surface area (Å²) in [5, 5.41) is 45.1. The highest BCUT2D eigenvalue weighted by molar-refractivity contribution is 8.00. The third-order valence-corrected chi connectivity index (χ3v) is 17.2. The van der Waals surface area contributed by atoms with Gasteiger partial charge in [0.15, 0.2) is 0 Å². The van der Waals surface area contributed by atoms with Gasteiger partial charge in [0, 0.05) is 85.8 Å². The molecule has 31 nitrogen and oxygen atoms in total. The van der Waals surface area contributed by atoms with Crippen LogP contribution in [0.1, 0.15) is 81.7 Å². The average molecular weight is 1260 g/mol. The maximum atomic E-state index is 14.8. The summed E-state index contributed by atoms with van der Waals surface area (Å²) in [7, 11) is 0. The number of aromatic amines is 2. The molecular weight excluding hydrogens is 1180 g/mol. The van der Waals surface area contributed by atoms with Gasteiger partial charge in [-0.25, -0.2) is 9.78 Å². The molecule has 8 rings (SSSR count). The molecule has 3 fully saturated rings. The summed E-state index contributed by atoms with van der Waals surface area (Å²) in [4.78, 5) is 147. The number of carbonyl (C=O) groups excluding carboxylic acids is 10. The number of ether oxygens (including phenoxy) is 3. The monoisotopic (exact) mass is 1260 g/mol. The number of nitrogens with two attached hydrogens (primary N) is 1. The molecular formula is C57H81N17O14S. The Morgan fingerprint density at radius 1 is 0.820 bits per heavy atom. The molecule has 32 heteroatoms. The second-order valence-electron chi connectivity index (χ2n) is 22.4. The molecule has 2 bridgehead atoms. The highest BCUT2D eigenvalue weighted by atomic mass is 32.2. The second-order valence-corrected chi connectivity index (χ2v) is 23.7. The van der Waals surface area contributed by atoms with Crippen molar-refractivity contribution in [2.45, 2.75) is 150 Å². The smallest absolute Gasteiger partial charge is 0.315 e. The van der Waals surface area contributed by atoms with E-state index < -0.39 is 103 Å². The summed E-state index contributed by atoms with van der Waals surface area (Å²) < 4.78 is 18.3. The predicted molar refractivity (Wildman–Crippen MR) is 320 cm³/mol. The quantitative estimate of drug-likeness (QED) is 0.0260. The molecule has 11 amide bonds. The lowest BCUT2D eigenvalue weighted by Gasteiger charge is -2.30. The van der Waals surface area contributed by atoms with Crippen LogP contribution in [-0.2, 0) is 83.2 Å². The van der Waals surface area contributed by atoms with E-state index in [2.05, 4.69) is 73.1 Å². The van der Waals surface area contributed by atoms with Crippen LogP contribution in [0.3, 0.4) is 0 Å². The minimum absolute atomic E-state index is 0.0166. The fraction of sp³-hybridized carbons (Fsp3) is 0.596. The van der Waals surface area contributed by atoms with E-state index in [0.29, 0.717) is 61.0 Å². The summed E-state index contributed by atoms with van der Waals surface area (Å²) in [6.45, 7) is 1.79. The molecule has 10 atom stereocenters. The number of imidazole rings is 1. The number of hydrogen-bond acceptors (Lipinski definition) is 18. The number of aryl methyl sites for hydroxylation is 1. The number of nitrogens with one attached hydrogen (secondary N) is 11. The first-order valence-electron chi connectivity index (χ1n) is 30.1. The van der Waals surface area contributed by atoms with Crippen molar-refractivity contribution in [3.8, 4) is 0 Å². The summed E-state index contributed by atoms with van der Waals surface area (Å²) in [6.07, 6.45) is 8.53. The number of aromatic nitrogens is 6. The molecule has 4 aromatic rings. The molecule has 484 valence electrons. The van der Waals surface area contributed by atoms with E-state index in [-0.39, 0.29) is 95.7 Å². The van der Waals surface area contributed by atoms with Crippen LogP contribution in [0.4, 0.5) is 4.79 Å². The zero-order chi connectivity index (χ0) is 63.2. The van der Waals surface area contributed by atoms with Crippen LogP contribution in [0.15, 0.2) is 49.2 Å². The summed E-state index contributed by atoms with van der Waals surface area (Å²) in [6, 6.07) is -0.594. The third kappa shape index (κ3) is 19.9. The van der Waals surface area contributed by atoms with Crippen molar-refractivity contribution < 1.29 is 67.3 Å². The molecule has 3 aromatic heterocycles. The summed E-state index contributed by atoms with van der Waals surface area (Å²) >= 11 is 1.85. The molecule has 3 saturated heterocycles. The number of carbonyl (C=O) groups is 10. The molecule has 4 aliphatic rings. The fourth-order valence-electron chi connectivity index (χ4n) is 11.1. The van der Waals surface area contributed by atoms with Gasteiger partial charge in [0.05, 0.1) is 75.5 Å². The molecule has 1 unspecified atom stereocenters. The van der Waals surface area contributed by atoms with E-state index in [0.717, 1.165) is 35.9 Å². The van der Waals surface area contributed by atoms with E-state index >= 15 is 0 Å². The van der Waals surface area contributed by atoms with Crippen molar-refractivity contribution in [2.24, 2.45) is 5.73 Å². The molecule has 89 heavy (non-hydrogen) atoms. The van der Waals surface area contributed by atoms with Crippen molar-refractivity contribution in [3.05, 3.63) is 66.1 Å². The first kappa shape index (κ1) is 66.7. The lowest BCUT2D eigenvalue weighted by Crippen LogP contribution is -2.61. The highest BCUT2D eigenvalue weighted by Gasteiger charge is 2.43. The number of H-pyrrole nitrogens is 2. The molecule has 0 spiro atoms. The first-order chi connectivity index (χ1) is 43.0. The Kier molecular flexibility index (Phi) is 25.0. The number of thioether (sulfide) groups is 1. The zero-order valence-corrected chi connectivity index (χ0v) is 50.4. The Balaban J connectivity index is 0.887. The lowest BCUT2D eigenvalue weighted by molar-refractivity contribution is -0.142. The van der Waals surface area contributed by atoms with E-state index in [9.17, 15) is 53.1 Å². The Morgan fingerprint density at radius 3 is 2.38 bits per heavy atom. The van der Waals surface area contributed by atoms with Crippen molar-refractivity contribution in [1.82, 2.24) is 82.7 Å². The Hall–Kier alpha value is -8.20. The van der Waals surface area contributed by atoms with Gasteiger partial charge in [-0.1, -0.05) is 29.8 Å². The Labute approximate surface area is 517 Å². The normalized spacial score (nSPS) is 24.6. The van der Waals surface area contributed by atoms with Crippen LogP contribution in [0.2, 0.25) is 0 Å². The van der Waals surface area contributed by atoms with Crippen LogP contribution in [0.5, 0.6) is 0 Å². The highest BCUT2D eigenvalue weighted by Crippen LogP contribution is 2.33. The zero-order valence-electron chi connectivity index (χ0n) is 49.6. The van der Waals surface area contributed by atoms with Crippen LogP contribution in [-0.4, -0.2) is 224 Å². The van der Waals surface area contributed by atoms with Gasteiger partial charge in [-0.05, 0) is 63.5 Å². The predicted octanol–water partition coefficient (Wildman–Crippen LogP) is -3.02. The largest absolute Gasteiger partial charge is 0.391 e. The number of primary amides is 1. The van der Waals surface area contributed by atoms with Gasteiger partial charge in [0.2, 0.25) is 53.2 Å². The molecule has 14 N–H and O–H groups in total. The number of amides is 11. The summed E-state index contributed by atoms with van der Waals surface area (Å²) in [5.74, 6) is -5.47. The molecule has 0 radical (unpaired) electrons. The van der Waals surface area contributed by atoms with E-state index in [1.54, 1.807) is 18.5 Å². The average Bonchev–Trinajstić information content (AvgIpc) is 2.07. The minimum Gasteiger partial charge on any atom is -0.391 e. The number of nitrogens with zero attached hydrogens (tertiary/aromatic N) is 5. The van der Waals surface area contributed by atoms with Gasteiger partial charge in [-0.3, -0.25) is 47.8 Å². The minimum atomic E-state index is -1.71. The Bertz CT molecular complexity index is 3070. The van der Waals surface area contributed by atoms with Gasteiger partial charge >= 0.3 is 6.03 Å². The van der Waals surface area contributed by atoms with Crippen LogP contribution >= 0.6 is 11.8 Å². The molecule has 0 saturated carbocycles. The van der Waals surface area contributed by atoms with Crippen molar-refractivity contribution in [2.75, 3.05) is 65.0 Å². The topological polar surface area (TPSA) is 431 Å². The van der Waals surface area contributed by atoms with Crippen LogP contribution in [0, 0.1) is 0 Å². The number of benzene rings is 1. The maximum Gasteiger partial charge on any atom is 0.315 e. The van der Waals surface area contributed by atoms with Crippen molar-refractivity contribution >= 4 is 81.9 Å². The van der Waals surface area contributed by atoms with Crippen LogP contribution in [0.25, 0.3) is 10.9 Å². The van der Waals surface area contributed by atoms with E-state index in [1.807, 2.05) is 30.0 Å². The number of unbranched alkanes of at least 4 members (excludes halogenated alkanes) is 1. The third-order valence-electron chi connectivity index (χ3n) is 15.7. The van der Waals surface area contributed by atoms with Gasteiger partial charge in [0.25, 0.3) is 0 Å². The molecule has 0 aliphatic carbocycles. The number of para-hydroxylation sites is 1. The summed E-state index contributed by atoms with van der Waals surface area (Å²) in [5.41, 5.74) is 7.66. The fourth-order valence-corrected chi connectivity index (χ4v) is 12.6. The molecule has 7 heterocycles. The van der Waals surface area contributed by atoms with Crippen molar-refractivity contribution in [1.29, 1.82) is 0 Å². The molecule has 4 aliphatic heterocycles. The number of rotatable bonds is 23. The standard InChI is InChI=1S/C57H81N17O14S/c1-33(75)49-55(83)67-41(24-35-27-59-32-63-35)52(80)62-28-47(77)64-39(51(58)79)11-6-7-16-73-29-36(71-72-73)25-42(56(84)74-17-8-12-44(74)54(82)66-40(53(81)69-49)23-34-26-61-38-10-3-2-9-37(34)38)65-48(78)30-88-22-21-87-20-19-86-18-15-60-46(76)14-5-4-13-45-50-43(31-89-45)68-57(85)70-50/h2-3,9-10,26-27,29,32-33,39-45,49-50,61,75H,4-8,11-25,28,30-31H2,1H3,(H2,58,79)(H,59,63)(H,60,76)(H,62,80)(H,64,77)(H,65,78)(H,66,82)(H,67,83)(H,69,81)(H2,68,70,85)/t33?,39-,40-,41-,42-,43+,44-,45+,49-,50+/m0/s1.